The lowest BCUT2D eigenvalue weighted by molar-refractivity contribution is 0.0320. The first-order chi connectivity index (χ1) is 18.3. The number of rotatable bonds is 11. The number of hydrogen-bond donors (Lipinski definition) is 0. The average Bonchev–Trinajstić information content (AvgIpc) is 3.49. The second kappa shape index (κ2) is 12.8. The van der Waals surface area contributed by atoms with E-state index in [2.05, 4.69) is 68.2 Å². The molecule has 0 amide bonds. The van der Waals surface area contributed by atoms with E-state index >= 15 is 0 Å². The van der Waals surface area contributed by atoms with Crippen LogP contribution >= 0.6 is 0 Å². The minimum atomic E-state index is 0.615. The molecule has 0 unspecified atom stereocenters. The minimum absolute atomic E-state index is 0.615. The van der Waals surface area contributed by atoms with Crippen LogP contribution in [0.5, 0.6) is 11.6 Å². The molecule has 0 spiro atoms. The summed E-state index contributed by atoms with van der Waals surface area (Å²) in [7, 11) is 1.71. The van der Waals surface area contributed by atoms with Crippen LogP contribution in [-0.2, 0) is 17.8 Å². The van der Waals surface area contributed by atoms with E-state index in [1.807, 2.05) is 18.3 Å². The molecule has 0 aliphatic carbocycles. The molecule has 2 aliphatic rings. The third kappa shape index (κ3) is 7.14. The summed E-state index contributed by atoms with van der Waals surface area (Å²) in [6, 6.07) is 21.4. The Hall–Kier alpha value is -3.29. The van der Waals surface area contributed by atoms with Gasteiger partial charge in [0.2, 0.25) is 5.88 Å². The number of anilines is 2. The number of hydrogen-bond acceptors (Lipinski definition) is 7. The van der Waals surface area contributed by atoms with Crippen LogP contribution in [0.1, 0.15) is 24.0 Å². The van der Waals surface area contributed by atoms with Crippen LogP contribution in [0.3, 0.4) is 0 Å². The van der Waals surface area contributed by atoms with E-state index < -0.39 is 0 Å². The molecule has 7 heteroatoms. The maximum Gasteiger partial charge on any atom is 0.215 e. The Bertz CT molecular complexity index is 1130. The second-order valence-corrected chi connectivity index (χ2v) is 9.73. The van der Waals surface area contributed by atoms with Crippen molar-refractivity contribution in [2.75, 3.05) is 69.5 Å². The number of morpholine rings is 1. The largest absolute Gasteiger partial charge is 0.497 e. The van der Waals surface area contributed by atoms with Crippen LogP contribution in [0.25, 0.3) is 0 Å². The summed E-state index contributed by atoms with van der Waals surface area (Å²) < 4.78 is 17.0. The molecular formula is C30H38N4O3. The van der Waals surface area contributed by atoms with Gasteiger partial charge >= 0.3 is 0 Å². The Morgan fingerprint density at radius 2 is 1.65 bits per heavy atom. The fraction of sp³-hybridized carbons (Fsp3) is 0.433. The van der Waals surface area contributed by atoms with E-state index in [9.17, 15) is 0 Å². The normalized spacial score (nSPS) is 16.1. The number of ether oxygens (including phenoxy) is 3. The van der Waals surface area contributed by atoms with Crippen LogP contribution < -0.4 is 19.3 Å². The molecule has 0 atom stereocenters. The molecule has 0 bridgehead atoms. The van der Waals surface area contributed by atoms with Gasteiger partial charge in [-0.05, 0) is 54.3 Å². The van der Waals surface area contributed by atoms with Crippen molar-refractivity contribution in [1.82, 2.24) is 9.88 Å². The minimum Gasteiger partial charge on any atom is -0.497 e. The van der Waals surface area contributed by atoms with Crippen LogP contribution in [0.2, 0.25) is 0 Å². The van der Waals surface area contributed by atoms with Crippen molar-refractivity contribution in [3.8, 4) is 11.6 Å². The topological polar surface area (TPSA) is 50.3 Å². The summed E-state index contributed by atoms with van der Waals surface area (Å²) in [6.07, 6.45) is 4.40. The molecule has 3 aromatic rings. The average molecular weight is 503 g/mol. The van der Waals surface area contributed by atoms with Gasteiger partial charge in [0, 0.05) is 69.5 Å². The predicted molar refractivity (Wildman–Crippen MR) is 148 cm³/mol. The third-order valence-corrected chi connectivity index (χ3v) is 7.11. The Kier molecular flexibility index (Phi) is 8.77. The summed E-state index contributed by atoms with van der Waals surface area (Å²) in [6.45, 7) is 8.84. The van der Waals surface area contributed by atoms with E-state index in [1.54, 1.807) is 7.11 Å². The quantitative estimate of drug-likeness (QED) is 0.380. The van der Waals surface area contributed by atoms with Gasteiger partial charge in [-0.2, -0.15) is 0 Å². The number of aromatic nitrogens is 1. The van der Waals surface area contributed by atoms with Gasteiger partial charge in [0.05, 0.1) is 20.3 Å². The van der Waals surface area contributed by atoms with E-state index in [1.165, 1.54) is 29.7 Å². The lowest BCUT2D eigenvalue weighted by atomic mass is 10.1. The molecule has 0 N–H and O–H groups in total. The Morgan fingerprint density at radius 3 is 2.43 bits per heavy atom. The lowest BCUT2D eigenvalue weighted by Crippen LogP contribution is -2.38. The Morgan fingerprint density at radius 1 is 0.892 bits per heavy atom. The maximum atomic E-state index is 6.08. The highest BCUT2D eigenvalue weighted by molar-refractivity contribution is 5.53. The molecule has 7 nitrogen and oxygen atoms in total. The van der Waals surface area contributed by atoms with Gasteiger partial charge in [0.25, 0.3) is 0 Å². The van der Waals surface area contributed by atoms with Gasteiger partial charge in [-0.15, -0.1) is 0 Å². The number of nitrogens with zero attached hydrogens (tertiary/aromatic N) is 4. The SMILES string of the molecule is COc1cccc(CN(Cc2cccc(N3CCCC3)c2)c2ccnc(OCCN3CCOCC3)c2)c1. The fourth-order valence-corrected chi connectivity index (χ4v) is 5.06. The van der Waals surface area contributed by atoms with Gasteiger partial charge in [-0.3, -0.25) is 4.90 Å². The van der Waals surface area contributed by atoms with Gasteiger partial charge < -0.3 is 24.0 Å². The summed E-state index contributed by atoms with van der Waals surface area (Å²) in [5.41, 5.74) is 4.89. The number of pyridine rings is 1. The fourth-order valence-electron chi connectivity index (χ4n) is 5.06. The molecule has 2 saturated heterocycles. The van der Waals surface area contributed by atoms with Crippen LogP contribution in [0.15, 0.2) is 66.9 Å². The van der Waals surface area contributed by atoms with E-state index in [4.69, 9.17) is 14.2 Å². The molecule has 2 aliphatic heterocycles. The highest BCUT2D eigenvalue weighted by atomic mass is 16.5. The van der Waals surface area contributed by atoms with E-state index in [0.29, 0.717) is 12.5 Å². The number of methoxy groups -OCH3 is 1. The van der Waals surface area contributed by atoms with Crippen molar-refractivity contribution in [3.63, 3.8) is 0 Å². The smallest absolute Gasteiger partial charge is 0.215 e. The molecule has 37 heavy (non-hydrogen) atoms. The first kappa shape index (κ1) is 25.4. The molecule has 3 heterocycles. The molecule has 5 rings (SSSR count). The second-order valence-electron chi connectivity index (χ2n) is 9.73. The van der Waals surface area contributed by atoms with E-state index in [-0.39, 0.29) is 0 Å². The zero-order valence-corrected chi connectivity index (χ0v) is 21.8. The first-order valence-corrected chi connectivity index (χ1v) is 13.4. The lowest BCUT2D eigenvalue weighted by Gasteiger charge is -2.27. The third-order valence-electron chi connectivity index (χ3n) is 7.11. The summed E-state index contributed by atoms with van der Waals surface area (Å²) in [4.78, 5) is 11.7. The van der Waals surface area contributed by atoms with Gasteiger partial charge in [-0.1, -0.05) is 24.3 Å². The highest BCUT2D eigenvalue weighted by Gasteiger charge is 2.15. The first-order valence-electron chi connectivity index (χ1n) is 13.4. The van der Waals surface area contributed by atoms with Crippen LogP contribution in [-0.4, -0.2) is 69.5 Å². The summed E-state index contributed by atoms with van der Waals surface area (Å²) in [5, 5.41) is 0. The molecule has 0 radical (unpaired) electrons. The highest BCUT2D eigenvalue weighted by Crippen LogP contribution is 2.27. The summed E-state index contributed by atoms with van der Waals surface area (Å²) >= 11 is 0. The number of benzene rings is 2. The zero-order valence-electron chi connectivity index (χ0n) is 21.8. The molecular weight excluding hydrogens is 464 g/mol. The Balaban J connectivity index is 1.33. The van der Waals surface area contributed by atoms with Gasteiger partial charge in [0.15, 0.2) is 0 Å². The van der Waals surface area contributed by atoms with Crippen molar-refractivity contribution < 1.29 is 14.2 Å². The predicted octanol–water partition coefficient (Wildman–Crippen LogP) is 4.61. The monoisotopic (exact) mass is 502 g/mol. The van der Waals surface area contributed by atoms with Crippen LogP contribution in [0.4, 0.5) is 11.4 Å². The van der Waals surface area contributed by atoms with Crippen molar-refractivity contribution in [1.29, 1.82) is 0 Å². The molecule has 1 aromatic heterocycles. The van der Waals surface area contributed by atoms with Gasteiger partial charge in [0.1, 0.15) is 12.4 Å². The zero-order chi connectivity index (χ0) is 25.3. The van der Waals surface area contributed by atoms with Gasteiger partial charge in [-0.25, -0.2) is 4.98 Å². The van der Waals surface area contributed by atoms with Crippen LogP contribution in [0, 0.1) is 0 Å². The van der Waals surface area contributed by atoms with Crippen molar-refractivity contribution in [3.05, 3.63) is 78.0 Å². The molecule has 196 valence electrons. The van der Waals surface area contributed by atoms with Crippen molar-refractivity contribution >= 4 is 11.4 Å². The van der Waals surface area contributed by atoms with Crippen molar-refractivity contribution in [2.24, 2.45) is 0 Å². The Labute approximate surface area is 220 Å². The van der Waals surface area contributed by atoms with Crippen molar-refractivity contribution in [2.45, 2.75) is 25.9 Å². The molecule has 2 aromatic carbocycles. The molecule has 0 saturated carbocycles. The van der Waals surface area contributed by atoms with E-state index in [0.717, 1.165) is 70.5 Å². The maximum absolute atomic E-state index is 6.08. The standard InChI is InChI=1S/C30H38N4O3/c1-35-29-9-5-7-26(21-29)24-34(23-25-6-4-8-27(20-25)33-12-2-3-13-33)28-10-11-31-30(22-28)37-19-16-32-14-17-36-18-15-32/h4-11,20-22H,2-3,12-19,23-24H2,1H3. The molecule has 2 fully saturated rings. The summed E-state index contributed by atoms with van der Waals surface area (Å²) in [5.74, 6) is 1.53.